The first-order chi connectivity index (χ1) is 21.5. The van der Waals surface area contributed by atoms with E-state index in [4.69, 9.17) is 4.74 Å². The van der Waals surface area contributed by atoms with Gasteiger partial charge in [0, 0.05) is 31.5 Å². The molecule has 1 amide bonds. The molecule has 0 spiro atoms. The van der Waals surface area contributed by atoms with Crippen molar-refractivity contribution in [2.24, 2.45) is 0 Å². The third kappa shape index (κ3) is 6.43. The van der Waals surface area contributed by atoms with E-state index in [-0.39, 0.29) is 37.2 Å². The zero-order valence-electron chi connectivity index (χ0n) is 23.7. The summed E-state index contributed by atoms with van der Waals surface area (Å²) in [4.78, 5) is 30.2. The van der Waals surface area contributed by atoms with Crippen LogP contribution in [0.3, 0.4) is 0 Å². The molecule has 15 heteroatoms. The molecule has 5 rings (SSSR count). The van der Waals surface area contributed by atoms with Crippen LogP contribution in [0, 0.1) is 29.1 Å². The number of ether oxygens (including phenoxy) is 1. The molecule has 3 aromatic rings. The Morgan fingerprint density at radius 1 is 0.956 bits per heavy atom. The summed E-state index contributed by atoms with van der Waals surface area (Å²) in [6.45, 7) is 1.08. The highest BCUT2D eigenvalue weighted by Gasteiger charge is 2.41. The van der Waals surface area contributed by atoms with Crippen molar-refractivity contribution in [2.75, 3.05) is 24.7 Å². The van der Waals surface area contributed by atoms with E-state index in [9.17, 15) is 40.9 Å². The van der Waals surface area contributed by atoms with Crippen LogP contribution in [0.25, 0.3) is 0 Å². The van der Waals surface area contributed by atoms with Gasteiger partial charge >= 0.3 is 5.97 Å². The van der Waals surface area contributed by atoms with E-state index >= 15 is 0 Å². The molecule has 0 saturated carbocycles. The summed E-state index contributed by atoms with van der Waals surface area (Å²) in [6, 6.07) is 9.91. The number of aromatic hydroxyl groups is 1. The Hall–Kier alpha value is -3.92. The SMILES string of the molecule is [NH3+]OC(=O)c1ccc(N(Cc2ccc(C3CCOCC3)cc2)C(=O)[C@H]2CCCN2S(=O)c2c(F)c(F)c(F)c(F)c2F)cc1O. The van der Waals surface area contributed by atoms with Crippen LogP contribution in [0.5, 0.6) is 5.75 Å². The Kier molecular flexibility index (Phi) is 9.82. The average molecular weight is 655 g/mol. The van der Waals surface area contributed by atoms with Crippen molar-refractivity contribution in [1.29, 1.82) is 0 Å². The van der Waals surface area contributed by atoms with Gasteiger partial charge in [0.05, 0.1) is 6.54 Å². The summed E-state index contributed by atoms with van der Waals surface area (Å²) in [6.07, 6.45) is 2.01. The third-order valence-electron chi connectivity index (χ3n) is 7.97. The van der Waals surface area contributed by atoms with Gasteiger partial charge in [-0.15, -0.1) is 0 Å². The highest BCUT2D eigenvalue weighted by molar-refractivity contribution is 7.82. The number of nitrogens with zero attached hydrogens (tertiary/aromatic N) is 2. The number of benzene rings is 3. The number of anilines is 1. The number of phenols is 1. The lowest BCUT2D eigenvalue weighted by Crippen LogP contribution is -2.51. The Morgan fingerprint density at radius 2 is 1.58 bits per heavy atom. The number of rotatable bonds is 8. The number of halogens is 5. The van der Waals surface area contributed by atoms with Crippen LogP contribution in [-0.4, -0.2) is 51.3 Å². The lowest BCUT2D eigenvalue weighted by Gasteiger charge is -2.30. The van der Waals surface area contributed by atoms with E-state index in [2.05, 4.69) is 10.7 Å². The van der Waals surface area contributed by atoms with Crippen molar-refractivity contribution < 1.29 is 56.3 Å². The molecule has 0 aromatic heterocycles. The molecule has 0 bridgehead atoms. The predicted molar refractivity (Wildman–Crippen MR) is 149 cm³/mol. The summed E-state index contributed by atoms with van der Waals surface area (Å²) < 4.78 is 90.4. The second-order valence-electron chi connectivity index (χ2n) is 10.6. The van der Waals surface area contributed by atoms with Crippen LogP contribution in [-0.2, 0) is 31.9 Å². The maximum absolute atomic E-state index is 14.6. The smallest absolute Gasteiger partial charge is 0.400 e. The molecule has 0 aliphatic carbocycles. The van der Waals surface area contributed by atoms with Crippen molar-refractivity contribution in [2.45, 2.75) is 49.1 Å². The van der Waals surface area contributed by atoms with Gasteiger partial charge in [0.15, 0.2) is 23.3 Å². The monoisotopic (exact) mass is 654 g/mol. The van der Waals surface area contributed by atoms with Gasteiger partial charge in [0.2, 0.25) is 11.7 Å². The van der Waals surface area contributed by atoms with E-state index in [0.29, 0.717) is 24.7 Å². The summed E-state index contributed by atoms with van der Waals surface area (Å²) >= 11 is 0. The van der Waals surface area contributed by atoms with Gasteiger partial charge in [-0.2, -0.15) is 5.90 Å². The van der Waals surface area contributed by atoms with E-state index < -0.39 is 68.6 Å². The summed E-state index contributed by atoms with van der Waals surface area (Å²) in [7, 11) is -2.94. The minimum absolute atomic E-state index is 0.0526. The normalized spacial score (nSPS) is 18.1. The van der Waals surface area contributed by atoms with Crippen LogP contribution in [0.15, 0.2) is 47.4 Å². The lowest BCUT2D eigenvalue weighted by molar-refractivity contribution is -0.653. The first-order valence-electron chi connectivity index (χ1n) is 14.0. The molecule has 2 aliphatic heterocycles. The largest absolute Gasteiger partial charge is 0.507 e. The molecule has 9 nitrogen and oxygen atoms in total. The maximum atomic E-state index is 14.6. The van der Waals surface area contributed by atoms with Crippen LogP contribution < -0.4 is 10.8 Å². The van der Waals surface area contributed by atoms with Crippen LogP contribution in [0.1, 0.15) is 53.1 Å². The van der Waals surface area contributed by atoms with Gasteiger partial charge in [-0.3, -0.25) is 9.63 Å². The minimum atomic E-state index is -2.94. The molecule has 2 aliphatic rings. The highest BCUT2D eigenvalue weighted by Crippen LogP contribution is 2.34. The minimum Gasteiger partial charge on any atom is -0.507 e. The second kappa shape index (κ2) is 13.6. The average Bonchev–Trinajstić information content (AvgIpc) is 3.56. The van der Waals surface area contributed by atoms with Crippen molar-refractivity contribution in [3.05, 3.63) is 88.2 Å². The number of quaternary nitrogens is 1. The molecule has 2 atom stereocenters. The van der Waals surface area contributed by atoms with Crippen molar-refractivity contribution in [3.63, 3.8) is 0 Å². The molecular weight excluding hydrogens is 625 g/mol. The summed E-state index contributed by atoms with van der Waals surface area (Å²) in [5, 5.41) is 10.5. The number of carbonyl (C=O) groups excluding carboxylic acids is 2. The lowest BCUT2D eigenvalue weighted by atomic mass is 9.91. The number of amides is 1. The number of hydrogen-bond acceptors (Lipinski definition) is 6. The van der Waals surface area contributed by atoms with Gasteiger partial charge in [0.1, 0.15) is 33.2 Å². The standard InChI is InChI=1S/C30H28F5N3O6S/c31-23-24(32)26(34)28(27(35)25(23)33)45(42)38-11-1-2-21(38)29(40)37(19-7-8-20(22(39)14-19)30(41)44-36)15-16-3-5-17(6-4-16)18-9-12-43-13-10-18/h3-8,14,18,21H,1-2,9-13,15H2,36H3/p+1/t21-,45?/m1/s1. The Balaban J connectivity index is 1.49. The molecule has 2 heterocycles. The van der Waals surface area contributed by atoms with Gasteiger partial charge in [0.25, 0.3) is 0 Å². The molecule has 0 radical (unpaired) electrons. The number of carbonyl (C=O) groups is 2. The van der Waals surface area contributed by atoms with E-state index in [1.54, 1.807) is 0 Å². The third-order valence-corrected chi connectivity index (χ3v) is 9.54. The van der Waals surface area contributed by atoms with Crippen molar-refractivity contribution in [3.8, 4) is 5.75 Å². The van der Waals surface area contributed by atoms with Crippen LogP contribution >= 0.6 is 0 Å². The Bertz CT molecular complexity index is 1610. The van der Waals surface area contributed by atoms with E-state index in [1.807, 2.05) is 24.3 Å². The van der Waals surface area contributed by atoms with Crippen LogP contribution in [0.4, 0.5) is 27.6 Å². The number of hydrogen-bond donors (Lipinski definition) is 2. The molecule has 240 valence electrons. The molecule has 45 heavy (non-hydrogen) atoms. The zero-order valence-corrected chi connectivity index (χ0v) is 24.6. The molecule has 2 fully saturated rings. The van der Waals surface area contributed by atoms with Crippen molar-refractivity contribution >= 4 is 28.5 Å². The van der Waals surface area contributed by atoms with Gasteiger partial charge in [-0.1, -0.05) is 24.3 Å². The first-order valence-corrected chi connectivity index (χ1v) is 15.1. The fourth-order valence-electron chi connectivity index (χ4n) is 5.56. The number of phenolic OH excluding ortho intramolecular Hbond substituents is 1. The second-order valence-corrected chi connectivity index (χ2v) is 12.0. The molecular formula is C30H29F5N3O6S+. The van der Waals surface area contributed by atoms with Gasteiger partial charge in [-0.25, -0.2) is 35.3 Å². The maximum Gasteiger partial charge on any atom is 0.400 e. The summed E-state index contributed by atoms with van der Waals surface area (Å²) in [5.74, 6) is -10.2. The quantitative estimate of drug-likeness (QED) is 0.164. The summed E-state index contributed by atoms with van der Waals surface area (Å²) in [5.41, 5.74) is 1.64. The Morgan fingerprint density at radius 3 is 2.18 bits per heavy atom. The molecule has 3 aromatic carbocycles. The van der Waals surface area contributed by atoms with Gasteiger partial charge < -0.3 is 14.7 Å². The topological polar surface area (TPSA) is 124 Å². The molecule has 4 N–H and O–H groups in total. The van der Waals surface area contributed by atoms with Crippen LogP contribution in [0.2, 0.25) is 0 Å². The molecule has 1 unspecified atom stereocenters. The van der Waals surface area contributed by atoms with E-state index in [1.165, 1.54) is 17.0 Å². The van der Waals surface area contributed by atoms with Crippen molar-refractivity contribution in [1.82, 2.24) is 4.31 Å². The fraction of sp³-hybridized carbons (Fsp3) is 0.333. The fourth-order valence-corrected chi connectivity index (χ4v) is 7.01. The predicted octanol–water partition coefficient (Wildman–Crippen LogP) is 4.02. The van der Waals surface area contributed by atoms with Gasteiger partial charge in [-0.05, 0) is 54.9 Å². The highest BCUT2D eigenvalue weighted by atomic mass is 32.2. The Labute approximate surface area is 256 Å². The zero-order chi connectivity index (χ0) is 32.4. The first kappa shape index (κ1) is 32.5. The van der Waals surface area contributed by atoms with E-state index in [0.717, 1.165) is 28.8 Å². The molecule has 2 saturated heterocycles.